The standard InChI is InChI=1S/C18H21NO6S/c1-3-23-17(21)11-16-19(15(20)12-26-16)9-10-25-14-7-5-13(6-8-14)18(22)24-4-2/h5-8,11H,3-4,9-10,12H2,1-2H3/b16-11-. The molecule has 1 fully saturated rings. The van der Waals surface area contributed by atoms with E-state index in [9.17, 15) is 14.4 Å². The van der Waals surface area contributed by atoms with Crippen LogP contribution >= 0.6 is 11.8 Å². The molecule has 1 heterocycles. The number of thioether (sulfide) groups is 1. The summed E-state index contributed by atoms with van der Waals surface area (Å²) in [5.41, 5.74) is 0.449. The molecule has 1 aromatic rings. The zero-order valence-electron chi connectivity index (χ0n) is 14.7. The van der Waals surface area contributed by atoms with Crippen LogP contribution in [0.2, 0.25) is 0 Å². The summed E-state index contributed by atoms with van der Waals surface area (Å²) in [5, 5.41) is 0.565. The normalized spacial score (nSPS) is 15.2. The minimum absolute atomic E-state index is 0.0770. The molecule has 1 aliphatic rings. The second-order valence-electron chi connectivity index (χ2n) is 5.16. The molecule has 0 bridgehead atoms. The highest BCUT2D eigenvalue weighted by Gasteiger charge is 2.27. The number of hydrogen-bond acceptors (Lipinski definition) is 7. The predicted molar refractivity (Wildman–Crippen MR) is 96.8 cm³/mol. The predicted octanol–water partition coefficient (Wildman–Crippen LogP) is 2.22. The van der Waals surface area contributed by atoms with Gasteiger partial charge in [0, 0.05) is 0 Å². The monoisotopic (exact) mass is 379 g/mol. The molecule has 140 valence electrons. The molecule has 26 heavy (non-hydrogen) atoms. The minimum Gasteiger partial charge on any atom is -0.492 e. The summed E-state index contributed by atoms with van der Waals surface area (Å²) >= 11 is 1.30. The van der Waals surface area contributed by atoms with E-state index in [0.717, 1.165) is 0 Å². The van der Waals surface area contributed by atoms with Crippen molar-refractivity contribution in [3.05, 3.63) is 40.9 Å². The van der Waals surface area contributed by atoms with Crippen LogP contribution < -0.4 is 4.74 Å². The lowest BCUT2D eigenvalue weighted by Gasteiger charge is -2.17. The maximum Gasteiger partial charge on any atom is 0.338 e. The van der Waals surface area contributed by atoms with Gasteiger partial charge in [0.15, 0.2) is 0 Å². The van der Waals surface area contributed by atoms with E-state index < -0.39 is 5.97 Å². The molecule has 0 spiro atoms. The Morgan fingerprint density at radius 3 is 2.50 bits per heavy atom. The highest BCUT2D eigenvalue weighted by Crippen LogP contribution is 2.28. The quantitative estimate of drug-likeness (QED) is 0.506. The third-order valence-electron chi connectivity index (χ3n) is 3.39. The van der Waals surface area contributed by atoms with E-state index in [0.29, 0.717) is 35.2 Å². The fraction of sp³-hybridized carbons (Fsp3) is 0.389. The number of rotatable bonds is 8. The van der Waals surface area contributed by atoms with E-state index >= 15 is 0 Å². The molecular weight excluding hydrogens is 358 g/mol. The van der Waals surface area contributed by atoms with E-state index in [1.165, 1.54) is 22.7 Å². The third kappa shape index (κ3) is 5.52. The van der Waals surface area contributed by atoms with Crippen LogP contribution in [0.5, 0.6) is 5.75 Å². The van der Waals surface area contributed by atoms with Crippen molar-refractivity contribution >= 4 is 29.6 Å². The summed E-state index contributed by atoms with van der Waals surface area (Å²) in [4.78, 5) is 36.6. The van der Waals surface area contributed by atoms with Gasteiger partial charge in [0.05, 0.1) is 42.2 Å². The van der Waals surface area contributed by atoms with Crippen molar-refractivity contribution in [1.82, 2.24) is 4.90 Å². The number of ether oxygens (including phenoxy) is 3. The fourth-order valence-corrected chi connectivity index (χ4v) is 3.17. The summed E-state index contributed by atoms with van der Waals surface area (Å²) in [6.07, 6.45) is 1.33. The van der Waals surface area contributed by atoms with Crippen LogP contribution in [-0.2, 0) is 19.1 Å². The number of amides is 1. The average Bonchev–Trinajstić information content (AvgIpc) is 2.96. The van der Waals surface area contributed by atoms with Crippen molar-refractivity contribution in [3.63, 3.8) is 0 Å². The van der Waals surface area contributed by atoms with Crippen molar-refractivity contribution in [2.75, 3.05) is 32.1 Å². The van der Waals surface area contributed by atoms with Gasteiger partial charge in [-0.2, -0.15) is 0 Å². The first-order valence-electron chi connectivity index (χ1n) is 8.26. The Bertz CT molecular complexity index is 685. The summed E-state index contributed by atoms with van der Waals surface area (Å²) in [5.74, 6) is -0.0582. The van der Waals surface area contributed by atoms with E-state index in [-0.39, 0.29) is 25.1 Å². The molecule has 0 unspecified atom stereocenters. The van der Waals surface area contributed by atoms with Crippen molar-refractivity contribution < 1.29 is 28.6 Å². The van der Waals surface area contributed by atoms with Crippen molar-refractivity contribution in [2.24, 2.45) is 0 Å². The zero-order chi connectivity index (χ0) is 18.9. The Balaban J connectivity index is 1.88. The molecule has 1 aromatic carbocycles. The molecular formula is C18H21NO6S. The summed E-state index contributed by atoms with van der Waals surface area (Å²) in [6, 6.07) is 6.58. The summed E-state index contributed by atoms with van der Waals surface area (Å²) in [7, 11) is 0. The molecule has 2 rings (SSSR count). The van der Waals surface area contributed by atoms with Gasteiger partial charge in [0.2, 0.25) is 5.91 Å². The first kappa shape index (κ1) is 19.8. The molecule has 0 aromatic heterocycles. The Morgan fingerprint density at radius 1 is 1.15 bits per heavy atom. The highest BCUT2D eigenvalue weighted by molar-refractivity contribution is 8.04. The van der Waals surface area contributed by atoms with Crippen LogP contribution in [0.3, 0.4) is 0 Å². The van der Waals surface area contributed by atoms with E-state index in [1.54, 1.807) is 38.1 Å². The number of benzene rings is 1. The minimum atomic E-state index is -0.467. The van der Waals surface area contributed by atoms with Gasteiger partial charge < -0.3 is 19.1 Å². The number of carbonyl (C=O) groups excluding carboxylic acids is 3. The van der Waals surface area contributed by atoms with Crippen molar-refractivity contribution in [1.29, 1.82) is 0 Å². The number of hydrogen-bond donors (Lipinski definition) is 0. The Labute approximate surface area is 156 Å². The SMILES string of the molecule is CCOC(=O)/C=C1\SCC(=O)N1CCOc1ccc(C(=O)OCC)cc1. The second-order valence-corrected chi connectivity index (χ2v) is 6.16. The first-order valence-corrected chi connectivity index (χ1v) is 9.25. The lowest BCUT2D eigenvalue weighted by Crippen LogP contribution is -2.29. The molecule has 0 atom stereocenters. The molecule has 0 radical (unpaired) electrons. The van der Waals surface area contributed by atoms with Crippen molar-refractivity contribution in [3.8, 4) is 5.75 Å². The Hall–Kier alpha value is -2.48. The van der Waals surface area contributed by atoms with Crippen LogP contribution in [0.15, 0.2) is 35.4 Å². The number of nitrogens with zero attached hydrogens (tertiary/aromatic N) is 1. The van der Waals surface area contributed by atoms with Gasteiger partial charge in [-0.1, -0.05) is 11.8 Å². The molecule has 1 aliphatic heterocycles. The first-order chi connectivity index (χ1) is 12.5. The van der Waals surface area contributed by atoms with Gasteiger partial charge in [-0.05, 0) is 38.1 Å². The molecule has 0 N–H and O–H groups in total. The van der Waals surface area contributed by atoms with Gasteiger partial charge in [-0.3, -0.25) is 4.79 Å². The summed E-state index contributed by atoms with van der Waals surface area (Å²) in [6.45, 7) is 4.65. The maximum atomic E-state index is 12.0. The number of carbonyl (C=O) groups is 3. The van der Waals surface area contributed by atoms with Gasteiger partial charge in [-0.25, -0.2) is 9.59 Å². The maximum absolute atomic E-state index is 12.0. The summed E-state index contributed by atoms with van der Waals surface area (Å²) < 4.78 is 15.4. The fourth-order valence-electron chi connectivity index (χ4n) is 2.21. The van der Waals surface area contributed by atoms with Crippen LogP contribution in [0.4, 0.5) is 0 Å². The molecule has 1 amide bonds. The van der Waals surface area contributed by atoms with Crippen molar-refractivity contribution in [2.45, 2.75) is 13.8 Å². The van der Waals surface area contributed by atoms with E-state index in [4.69, 9.17) is 14.2 Å². The molecule has 7 nitrogen and oxygen atoms in total. The van der Waals surface area contributed by atoms with E-state index in [2.05, 4.69) is 0 Å². The molecule has 1 saturated heterocycles. The van der Waals surface area contributed by atoms with Crippen LogP contribution in [0.25, 0.3) is 0 Å². The lowest BCUT2D eigenvalue weighted by molar-refractivity contribution is -0.137. The average molecular weight is 379 g/mol. The number of esters is 2. The van der Waals surface area contributed by atoms with Crippen LogP contribution in [-0.4, -0.2) is 54.9 Å². The molecule has 8 heteroatoms. The van der Waals surface area contributed by atoms with Crippen LogP contribution in [0.1, 0.15) is 24.2 Å². The Morgan fingerprint density at radius 2 is 1.85 bits per heavy atom. The molecule has 0 aliphatic carbocycles. The van der Waals surface area contributed by atoms with Gasteiger partial charge in [-0.15, -0.1) is 0 Å². The second kappa shape index (κ2) is 9.86. The van der Waals surface area contributed by atoms with Gasteiger partial charge in [0.1, 0.15) is 12.4 Å². The zero-order valence-corrected chi connectivity index (χ0v) is 15.5. The van der Waals surface area contributed by atoms with E-state index in [1.807, 2.05) is 0 Å². The molecule has 0 saturated carbocycles. The highest BCUT2D eigenvalue weighted by atomic mass is 32.2. The Kier molecular flexibility index (Phi) is 7.53. The largest absolute Gasteiger partial charge is 0.492 e. The van der Waals surface area contributed by atoms with Crippen LogP contribution in [0, 0.1) is 0 Å². The van der Waals surface area contributed by atoms with Gasteiger partial charge in [0.25, 0.3) is 0 Å². The lowest BCUT2D eigenvalue weighted by atomic mass is 10.2. The van der Waals surface area contributed by atoms with Gasteiger partial charge >= 0.3 is 11.9 Å². The third-order valence-corrected chi connectivity index (χ3v) is 4.41. The topological polar surface area (TPSA) is 82.1 Å². The smallest absolute Gasteiger partial charge is 0.338 e.